The van der Waals surface area contributed by atoms with Gasteiger partial charge in [-0.25, -0.2) is 10.1 Å². The molecule has 12 heteroatoms. The molecule has 0 spiro atoms. The van der Waals surface area contributed by atoms with Crippen LogP contribution in [0.15, 0.2) is 34.0 Å². The van der Waals surface area contributed by atoms with Gasteiger partial charge in [0.2, 0.25) is 11.6 Å². The first-order chi connectivity index (χ1) is 16.5. The number of nitrogens with zero attached hydrogens (tertiary/aromatic N) is 7. The number of hydrogen-bond acceptors (Lipinski definition) is 10. The second-order valence-electron chi connectivity index (χ2n) is 8.15. The average Bonchev–Trinajstić information content (AvgIpc) is 3.45. The van der Waals surface area contributed by atoms with E-state index in [0.717, 1.165) is 24.9 Å². The number of piperidine rings is 1. The van der Waals surface area contributed by atoms with Gasteiger partial charge in [-0.3, -0.25) is 9.69 Å². The van der Waals surface area contributed by atoms with Gasteiger partial charge < -0.3 is 10.5 Å². The number of para-hydroxylation sites is 1. The maximum Gasteiger partial charge on any atom is 0.293 e. The van der Waals surface area contributed by atoms with E-state index in [4.69, 9.17) is 15.1 Å². The minimum atomic E-state index is -0.492. The summed E-state index contributed by atoms with van der Waals surface area (Å²) in [6, 6.07) is 7.88. The average molecular weight is 468 g/mol. The van der Waals surface area contributed by atoms with Gasteiger partial charge in [-0.15, -0.1) is 5.10 Å². The number of rotatable bonds is 8. The van der Waals surface area contributed by atoms with Crippen molar-refractivity contribution in [2.75, 3.05) is 18.9 Å². The Bertz CT molecular complexity index is 1170. The Morgan fingerprint density at radius 2 is 2.15 bits per heavy atom. The Morgan fingerprint density at radius 3 is 2.88 bits per heavy atom. The standard InChI is InChI=1S/C22H29N9O3/c1-4-33-18-11-6-5-10-16(18)15(3)24-26-22(32)19-17(13-30-12-8-7-9-14(30)2)31(29-25-19)21-20(23)27-34-28-21/h5-6,10-11,14H,4,7-9,12-13H2,1-3H3,(H2,23,27)(H,26,32)/b24-15+/t14-/m0/s1. The highest BCUT2D eigenvalue weighted by molar-refractivity contribution is 6.02. The molecule has 0 radical (unpaired) electrons. The minimum absolute atomic E-state index is 0.0613. The summed E-state index contributed by atoms with van der Waals surface area (Å²) >= 11 is 0. The van der Waals surface area contributed by atoms with Crippen molar-refractivity contribution in [2.24, 2.45) is 5.10 Å². The van der Waals surface area contributed by atoms with E-state index in [9.17, 15) is 4.79 Å². The summed E-state index contributed by atoms with van der Waals surface area (Å²) in [4.78, 5) is 15.4. The zero-order valence-electron chi connectivity index (χ0n) is 19.6. The third-order valence-electron chi connectivity index (χ3n) is 5.87. The van der Waals surface area contributed by atoms with Crippen molar-refractivity contribution in [3.8, 4) is 11.6 Å². The van der Waals surface area contributed by atoms with Crippen LogP contribution in [-0.4, -0.2) is 61.0 Å². The molecular weight excluding hydrogens is 438 g/mol. The lowest BCUT2D eigenvalue weighted by Crippen LogP contribution is -2.38. The number of nitrogens with one attached hydrogen (secondary N) is 1. The molecule has 3 aromatic rings. The Balaban J connectivity index is 1.62. The summed E-state index contributed by atoms with van der Waals surface area (Å²) in [6.45, 7) is 7.76. The fourth-order valence-corrected chi connectivity index (χ4v) is 4.01. The number of carbonyl (C=O) groups excluding carboxylic acids is 1. The lowest BCUT2D eigenvalue weighted by molar-refractivity contribution is 0.0944. The van der Waals surface area contributed by atoms with Crippen LogP contribution in [0.2, 0.25) is 0 Å². The van der Waals surface area contributed by atoms with Crippen molar-refractivity contribution < 1.29 is 14.2 Å². The fourth-order valence-electron chi connectivity index (χ4n) is 4.01. The maximum atomic E-state index is 13.1. The quantitative estimate of drug-likeness (QED) is 0.375. The normalized spacial score (nSPS) is 17.0. The first-order valence-electron chi connectivity index (χ1n) is 11.3. The van der Waals surface area contributed by atoms with Crippen LogP contribution in [-0.2, 0) is 6.54 Å². The van der Waals surface area contributed by atoms with Crippen LogP contribution >= 0.6 is 0 Å². The highest BCUT2D eigenvalue weighted by Crippen LogP contribution is 2.23. The van der Waals surface area contributed by atoms with E-state index >= 15 is 0 Å². The Hall–Kier alpha value is -3.80. The van der Waals surface area contributed by atoms with Gasteiger partial charge >= 0.3 is 0 Å². The summed E-state index contributed by atoms with van der Waals surface area (Å²) in [5.41, 5.74) is 10.5. The fraction of sp³-hybridized carbons (Fsp3) is 0.455. The van der Waals surface area contributed by atoms with E-state index in [0.29, 0.717) is 36.3 Å². The van der Waals surface area contributed by atoms with Crippen LogP contribution in [0.25, 0.3) is 5.82 Å². The van der Waals surface area contributed by atoms with Crippen LogP contribution in [0, 0.1) is 0 Å². The molecule has 1 aliphatic rings. The summed E-state index contributed by atoms with van der Waals surface area (Å²) in [5.74, 6) is 0.456. The second kappa shape index (κ2) is 10.4. The summed E-state index contributed by atoms with van der Waals surface area (Å²) in [7, 11) is 0. The van der Waals surface area contributed by atoms with Crippen molar-refractivity contribution in [3.63, 3.8) is 0 Å². The molecule has 1 atom stereocenters. The van der Waals surface area contributed by atoms with Gasteiger partial charge in [-0.1, -0.05) is 23.8 Å². The molecule has 3 heterocycles. The lowest BCUT2D eigenvalue weighted by Gasteiger charge is -2.33. The third kappa shape index (κ3) is 4.91. The molecule has 1 saturated heterocycles. The summed E-state index contributed by atoms with van der Waals surface area (Å²) < 4.78 is 11.8. The predicted octanol–water partition coefficient (Wildman–Crippen LogP) is 2.16. The molecular formula is C22H29N9O3. The van der Waals surface area contributed by atoms with E-state index in [1.54, 1.807) is 6.92 Å². The second-order valence-corrected chi connectivity index (χ2v) is 8.15. The first kappa shape index (κ1) is 23.4. The molecule has 180 valence electrons. The monoisotopic (exact) mass is 467 g/mol. The molecule has 3 N–H and O–H groups in total. The van der Waals surface area contributed by atoms with Crippen molar-refractivity contribution in [2.45, 2.75) is 52.6 Å². The first-order valence-corrected chi connectivity index (χ1v) is 11.3. The molecule has 0 saturated carbocycles. The Morgan fingerprint density at radius 1 is 1.32 bits per heavy atom. The number of hydrogen-bond donors (Lipinski definition) is 2. The van der Waals surface area contributed by atoms with E-state index in [-0.39, 0.29) is 17.3 Å². The van der Waals surface area contributed by atoms with E-state index in [2.05, 4.69) is 43.0 Å². The van der Waals surface area contributed by atoms with E-state index in [1.165, 1.54) is 11.1 Å². The number of anilines is 1. The van der Waals surface area contributed by atoms with Crippen LogP contribution in [0.3, 0.4) is 0 Å². The number of hydrazone groups is 1. The molecule has 1 amide bonds. The minimum Gasteiger partial charge on any atom is -0.493 e. The van der Waals surface area contributed by atoms with Gasteiger partial charge in [0.1, 0.15) is 5.75 Å². The van der Waals surface area contributed by atoms with Crippen LogP contribution < -0.4 is 15.9 Å². The number of carbonyl (C=O) groups is 1. The zero-order valence-corrected chi connectivity index (χ0v) is 19.6. The highest BCUT2D eigenvalue weighted by Gasteiger charge is 2.28. The smallest absolute Gasteiger partial charge is 0.293 e. The molecule has 1 aliphatic heterocycles. The molecule has 4 rings (SSSR count). The zero-order chi connectivity index (χ0) is 24.1. The predicted molar refractivity (Wildman–Crippen MR) is 125 cm³/mol. The summed E-state index contributed by atoms with van der Waals surface area (Å²) in [5, 5.41) is 20.0. The summed E-state index contributed by atoms with van der Waals surface area (Å²) in [6.07, 6.45) is 3.35. The largest absolute Gasteiger partial charge is 0.493 e. The van der Waals surface area contributed by atoms with Crippen molar-refractivity contribution in [1.29, 1.82) is 0 Å². The van der Waals surface area contributed by atoms with Gasteiger partial charge in [0, 0.05) is 18.2 Å². The Labute approximate surface area is 197 Å². The van der Waals surface area contributed by atoms with Crippen molar-refractivity contribution in [1.82, 2.24) is 35.6 Å². The topological polar surface area (TPSA) is 150 Å². The molecule has 12 nitrogen and oxygen atoms in total. The number of benzene rings is 1. The van der Waals surface area contributed by atoms with Crippen LogP contribution in [0.5, 0.6) is 5.75 Å². The number of nitrogens with two attached hydrogens (primary N) is 1. The SMILES string of the molecule is CCOc1ccccc1/C(C)=N/NC(=O)c1nnn(-c2nonc2N)c1CN1CCCC[C@@H]1C. The van der Waals surface area contributed by atoms with Crippen molar-refractivity contribution >= 4 is 17.4 Å². The van der Waals surface area contributed by atoms with Gasteiger partial charge in [0.15, 0.2) is 5.69 Å². The molecule has 0 bridgehead atoms. The van der Waals surface area contributed by atoms with E-state index in [1.807, 2.05) is 31.2 Å². The van der Waals surface area contributed by atoms with Gasteiger partial charge in [0.05, 0.1) is 18.0 Å². The number of ether oxygens (including phenoxy) is 1. The molecule has 2 aromatic heterocycles. The van der Waals surface area contributed by atoms with Crippen molar-refractivity contribution in [3.05, 3.63) is 41.2 Å². The molecule has 34 heavy (non-hydrogen) atoms. The third-order valence-corrected chi connectivity index (χ3v) is 5.87. The van der Waals surface area contributed by atoms with Gasteiger partial charge in [-0.05, 0) is 62.6 Å². The molecule has 0 unspecified atom stereocenters. The van der Waals surface area contributed by atoms with Gasteiger partial charge in [-0.2, -0.15) is 9.78 Å². The number of amides is 1. The number of nitrogen functional groups attached to an aromatic ring is 1. The number of aromatic nitrogens is 5. The Kier molecular flexibility index (Phi) is 7.16. The number of likely N-dealkylation sites (tertiary alicyclic amines) is 1. The lowest BCUT2D eigenvalue weighted by atomic mass is 10.0. The highest BCUT2D eigenvalue weighted by atomic mass is 16.6. The van der Waals surface area contributed by atoms with Gasteiger partial charge in [0.25, 0.3) is 5.91 Å². The van der Waals surface area contributed by atoms with Crippen LogP contribution in [0.4, 0.5) is 5.82 Å². The van der Waals surface area contributed by atoms with Crippen LogP contribution in [0.1, 0.15) is 61.8 Å². The molecule has 1 fully saturated rings. The van der Waals surface area contributed by atoms with E-state index < -0.39 is 5.91 Å². The maximum absolute atomic E-state index is 13.1. The molecule has 1 aromatic carbocycles. The molecule has 0 aliphatic carbocycles.